The minimum absolute atomic E-state index is 0.196. The molecule has 0 unspecified atom stereocenters. The lowest BCUT2D eigenvalue weighted by atomic mass is 10.2. The lowest BCUT2D eigenvalue weighted by Gasteiger charge is -2.12. The molecular formula is C21H20ClN3O2. The molecule has 2 N–H and O–H groups in total. The number of nitrogens with one attached hydrogen (secondary N) is 2. The zero-order valence-corrected chi connectivity index (χ0v) is 15.7. The van der Waals surface area contributed by atoms with E-state index in [1.54, 1.807) is 24.4 Å². The molecule has 0 saturated heterocycles. The monoisotopic (exact) mass is 381 g/mol. The summed E-state index contributed by atoms with van der Waals surface area (Å²) in [4.78, 5) is 16.8. The van der Waals surface area contributed by atoms with Gasteiger partial charge in [0.25, 0.3) is 5.91 Å². The number of pyridine rings is 1. The number of hydrogen-bond acceptors (Lipinski definition) is 4. The molecule has 0 atom stereocenters. The van der Waals surface area contributed by atoms with Gasteiger partial charge >= 0.3 is 0 Å². The van der Waals surface area contributed by atoms with Crippen molar-refractivity contribution in [1.29, 1.82) is 0 Å². The quantitative estimate of drug-likeness (QED) is 0.616. The first kappa shape index (κ1) is 18.7. The molecule has 1 aromatic heterocycles. The maximum Gasteiger partial charge on any atom is 0.251 e. The number of carbonyl (C=O) groups is 1. The number of carbonyl (C=O) groups excluding carboxylic acids is 1. The molecule has 0 aliphatic rings. The third kappa shape index (κ3) is 4.99. The third-order valence-corrected chi connectivity index (χ3v) is 4.24. The maximum absolute atomic E-state index is 12.5. The zero-order valence-electron chi connectivity index (χ0n) is 14.9. The molecule has 2 aromatic carbocycles. The summed E-state index contributed by atoms with van der Waals surface area (Å²) in [5.74, 6) is 1.10. The van der Waals surface area contributed by atoms with Gasteiger partial charge in [-0.3, -0.25) is 4.79 Å². The predicted octanol–water partition coefficient (Wildman–Crippen LogP) is 4.81. The lowest BCUT2D eigenvalue weighted by Crippen LogP contribution is -2.23. The van der Waals surface area contributed by atoms with Gasteiger partial charge in [0.1, 0.15) is 11.6 Å². The molecule has 138 valence electrons. The van der Waals surface area contributed by atoms with Crippen LogP contribution in [-0.4, -0.2) is 17.5 Å². The number of benzene rings is 2. The molecule has 3 rings (SSSR count). The first-order valence-electron chi connectivity index (χ1n) is 8.64. The van der Waals surface area contributed by atoms with Crippen LogP contribution in [0.3, 0.4) is 0 Å². The summed E-state index contributed by atoms with van der Waals surface area (Å²) < 4.78 is 5.60. The SMILES string of the molecule is CCOc1ccccc1Nc1cc(C(=O)NCc2ccccc2Cl)ccn1. The van der Waals surface area contributed by atoms with Gasteiger partial charge in [0, 0.05) is 23.3 Å². The number of nitrogens with zero attached hydrogens (tertiary/aromatic N) is 1. The molecule has 0 saturated carbocycles. The van der Waals surface area contributed by atoms with Crippen LogP contribution in [0.15, 0.2) is 66.9 Å². The van der Waals surface area contributed by atoms with Crippen LogP contribution in [-0.2, 0) is 6.54 Å². The van der Waals surface area contributed by atoms with Gasteiger partial charge in [0.2, 0.25) is 0 Å². The Morgan fingerprint density at radius 2 is 1.89 bits per heavy atom. The maximum atomic E-state index is 12.5. The van der Waals surface area contributed by atoms with Gasteiger partial charge in [-0.1, -0.05) is 41.9 Å². The minimum atomic E-state index is -0.196. The summed E-state index contributed by atoms with van der Waals surface area (Å²) in [6.07, 6.45) is 1.59. The van der Waals surface area contributed by atoms with Crippen LogP contribution < -0.4 is 15.4 Å². The molecule has 0 aliphatic carbocycles. The Morgan fingerprint density at radius 1 is 1.11 bits per heavy atom. The molecule has 3 aromatic rings. The van der Waals surface area contributed by atoms with Gasteiger partial charge in [-0.05, 0) is 42.8 Å². The van der Waals surface area contributed by atoms with Crippen molar-refractivity contribution in [3.63, 3.8) is 0 Å². The number of para-hydroxylation sites is 2. The Bertz CT molecular complexity index is 931. The van der Waals surface area contributed by atoms with E-state index in [1.807, 2.05) is 49.4 Å². The smallest absolute Gasteiger partial charge is 0.251 e. The van der Waals surface area contributed by atoms with Gasteiger partial charge in [-0.25, -0.2) is 4.98 Å². The first-order valence-corrected chi connectivity index (χ1v) is 9.01. The van der Waals surface area contributed by atoms with Crippen molar-refractivity contribution in [3.8, 4) is 5.75 Å². The topological polar surface area (TPSA) is 63.2 Å². The van der Waals surface area contributed by atoms with E-state index in [1.165, 1.54) is 0 Å². The Kier molecular flexibility index (Phi) is 6.28. The van der Waals surface area contributed by atoms with Crippen LogP contribution in [0.2, 0.25) is 5.02 Å². The highest BCUT2D eigenvalue weighted by molar-refractivity contribution is 6.31. The van der Waals surface area contributed by atoms with Crippen LogP contribution in [0.25, 0.3) is 0 Å². The molecule has 27 heavy (non-hydrogen) atoms. The van der Waals surface area contributed by atoms with E-state index in [0.29, 0.717) is 29.6 Å². The van der Waals surface area contributed by atoms with E-state index in [0.717, 1.165) is 17.0 Å². The highest BCUT2D eigenvalue weighted by Crippen LogP contribution is 2.26. The second-order valence-electron chi connectivity index (χ2n) is 5.76. The zero-order chi connectivity index (χ0) is 19.1. The second-order valence-corrected chi connectivity index (χ2v) is 6.17. The molecule has 0 radical (unpaired) electrons. The number of aromatic nitrogens is 1. The van der Waals surface area contributed by atoms with Gasteiger partial charge in [-0.2, -0.15) is 0 Å². The lowest BCUT2D eigenvalue weighted by molar-refractivity contribution is 0.0951. The summed E-state index contributed by atoms with van der Waals surface area (Å²) in [7, 11) is 0. The van der Waals surface area contributed by atoms with Gasteiger partial charge in [0.05, 0.1) is 12.3 Å². The van der Waals surface area contributed by atoms with Crippen LogP contribution in [0.1, 0.15) is 22.8 Å². The normalized spacial score (nSPS) is 10.3. The number of halogens is 1. The standard InChI is InChI=1S/C21H20ClN3O2/c1-2-27-19-10-6-5-9-18(19)25-20-13-15(11-12-23-20)21(26)24-14-16-7-3-4-8-17(16)22/h3-13H,2,14H2,1H3,(H,23,25)(H,24,26). The number of rotatable bonds is 7. The van der Waals surface area contributed by atoms with Crippen molar-refractivity contribution in [3.05, 3.63) is 83.0 Å². The first-order chi connectivity index (χ1) is 13.2. The van der Waals surface area contributed by atoms with E-state index < -0.39 is 0 Å². The Morgan fingerprint density at radius 3 is 2.70 bits per heavy atom. The number of hydrogen-bond donors (Lipinski definition) is 2. The summed E-state index contributed by atoms with van der Waals surface area (Å²) in [5, 5.41) is 6.70. The van der Waals surface area contributed by atoms with E-state index >= 15 is 0 Å². The van der Waals surface area contributed by atoms with Crippen molar-refractivity contribution in [2.75, 3.05) is 11.9 Å². The summed E-state index contributed by atoms with van der Waals surface area (Å²) in [6.45, 7) is 2.85. The van der Waals surface area contributed by atoms with Gasteiger partial charge in [0.15, 0.2) is 0 Å². The summed E-state index contributed by atoms with van der Waals surface area (Å²) >= 11 is 6.13. The Hall–Kier alpha value is -3.05. The fourth-order valence-electron chi connectivity index (χ4n) is 2.55. The fraction of sp³-hybridized carbons (Fsp3) is 0.143. The van der Waals surface area contributed by atoms with Crippen LogP contribution in [0.4, 0.5) is 11.5 Å². The van der Waals surface area contributed by atoms with E-state index in [2.05, 4.69) is 15.6 Å². The fourth-order valence-corrected chi connectivity index (χ4v) is 2.75. The average Bonchev–Trinajstić information content (AvgIpc) is 2.69. The largest absolute Gasteiger partial charge is 0.492 e. The highest BCUT2D eigenvalue weighted by atomic mass is 35.5. The van der Waals surface area contributed by atoms with Crippen molar-refractivity contribution in [1.82, 2.24) is 10.3 Å². The molecule has 0 spiro atoms. The average molecular weight is 382 g/mol. The minimum Gasteiger partial charge on any atom is -0.492 e. The van der Waals surface area contributed by atoms with Crippen molar-refractivity contribution < 1.29 is 9.53 Å². The third-order valence-electron chi connectivity index (χ3n) is 3.87. The number of ether oxygens (including phenoxy) is 1. The number of amides is 1. The Balaban J connectivity index is 1.70. The molecule has 0 fully saturated rings. The van der Waals surface area contributed by atoms with Crippen LogP contribution >= 0.6 is 11.6 Å². The molecule has 0 bridgehead atoms. The van der Waals surface area contributed by atoms with Gasteiger partial charge in [-0.15, -0.1) is 0 Å². The second kappa shape index (κ2) is 9.05. The predicted molar refractivity (Wildman–Crippen MR) is 108 cm³/mol. The van der Waals surface area contributed by atoms with Crippen molar-refractivity contribution in [2.24, 2.45) is 0 Å². The van der Waals surface area contributed by atoms with E-state index in [9.17, 15) is 4.79 Å². The summed E-state index contributed by atoms with van der Waals surface area (Å²) in [6, 6.07) is 18.4. The molecule has 1 heterocycles. The summed E-state index contributed by atoms with van der Waals surface area (Å²) in [5.41, 5.74) is 2.17. The van der Waals surface area contributed by atoms with E-state index in [4.69, 9.17) is 16.3 Å². The Labute approximate surface area is 163 Å². The molecule has 5 nitrogen and oxygen atoms in total. The van der Waals surface area contributed by atoms with Gasteiger partial charge < -0.3 is 15.4 Å². The number of anilines is 2. The molecule has 0 aliphatic heterocycles. The molecular weight excluding hydrogens is 362 g/mol. The molecule has 6 heteroatoms. The van der Waals surface area contributed by atoms with E-state index in [-0.39, 0.29) is 5.91 Å². The van der Waals surface area contributed by atoms with Crippen molar-refractivity contribution in [2.45, 2.75) is 13.5 Å². The van der Waals surface area contributed by atoms with Crippen molar-refractivity contribution >= 4 is 29.0 Å². The van der Waals surface area contributed by atoms with Crippen LogP contribution in [0.5, 0.6) is 5.75 Å². The van der Waals surface area contributed by atoms with Crippen LogP contribution in [0, 0.1) is 0 Å². The highest BCUT2D eigenvalue weighted by Gasteiger charge is 2.09. The molecule has 1 amide bonds.